The Morgan fingerprint density at radius 1 is 1.56 bits per heavy atom. The Morgan fingerprint density at radius 2 is 2.22 bits per heavy atom. The van der Waals surface area contributed by atoms with E-state index in [1.165, 1.54) is 12.1 Å². The lowest BCUT2D eigenvalue weighted by Gasteiger charge is -2.15. The molecule has 1 aromatic carbocycles. The number of carboxylic acids is 1. The summed E-state index contributed by atoms with van der Waals surface area (Å²) in [5.41, 5.74) is -0.0401. The van der Waals surface area contributed by atoms with Gasteiger partial charge in [-0.25, -0.2) is 4.79 Å². The van der Waals surface area contributed by atoms with E-state index >= 15 is 0 Å². The minimum absolute atomic E-state index is 0.0367. The molecule has 0 spiro atoms. The molecule has 0 aliphatic carbocycles. The summed E-state index contributed by atoms with van der Waals surface area (Å²) in [5.74, 6) is -1.16. The molecular weight excluding hydrogens is 240 g/mol. The van der Waals surface area contributed by atoms with Gasteiger partial charge in [-0.1, -0.05) is 0 Å². The number of aromatic carboxylic acids is 1. The van der Waals surface area contributed by atoms with Crippen molar-refractivity contribution in [2.75, 3.05) is 11.9 Å². The molecule has 0 radical (unpaired) electrons. The highest BCUT2D eigenvalue weighted by atomic mass is 16.6. The molecule has 0 aliphatic heterocycles. The summed E-state index contributed by atoms with van der Waals surface area (Å²) in [6, 6.07) is 3.33. The van der Waals surface area contributed by atoms with Crippen LogP contribution in [0.25, 0.3) is 0 Å². The van der Waals surface area contributed by atoms with Crippen LogP contribution in [0.2, 0.25) is 0 Å². The molecule has 0 fully saturated rings. The average Bonchev–Trinajstić information content (AvgIpc) is 2.28. The van der Waals surface area contributed by atoms with Crippen LogP contribution in [0, 0.1) is 10.1 Å². The Morgan fingerprint density at radius 3 is 2.72 bits per heavy atom. The van der Waals surface area contributed by atoms with E-state index in [-0.39, 0.29) is 29.6 Å². The number of hydrogen-bond donors (Lipinski definition) is 3. The van der Waals surface area contributed by atoms with E-state index in [0.717, 1.165) is 6.07 Å². The predicted octanol–water partition coefficient (Wildman–Crippen LogP) is 1.48. The van der Waals surface area contributed by atoms with Crippen molar-refractivity contribution < 1.29 is 19.9 Å². The van der Waals surface area contributed by atoms with Crippen LogP contribution >= 0.6 is 0 Å². The number of carbonyl (C=O) groups is 1. The smallest absolute Gasteiger partial charge is 0.337 e. The lowest BCUT2D eigenvalue weighted by Crippen LogP contribution is -2.18. The highest BCUT2D eigenvalue weighted by Gasteiger charge is 2.16. The van der Waals surface area contributed by atoms with E-state index in [2.05, 4.69) is 5.32 Å². The van der Waals surface area contributed by atoms with Gasteiger partial charge in [0.2, 0.25) is 0 Å². The van der Waals surface area contributed by atoms with E-state index in [1.54, 1.807) is 6.92 Å². The SMILES string of the molecule is CC(CCO)Nc1cc([N+](=O)[O-])ccc1C(=O)O. The molecule has 18 heavy (non-hydrogen) atoms. The molecule has 98 valence electrons. The first-order valence-corrected chi connectivity index (χ1v) is 5.35. The Balaban J connectivity index is 3.07. The summed E-state index contributed by atoms with van der Waals surface area (Å²) in [7, 11) is 0. The van der Waals surface area contributed by atoms with Crippen LogP contribution < -0.4 is 5.32 Å². The maximum absolute atomic E-state index is 11.0. The molecule has 1 rings (SSSR count). The second kappa shape index (κ2) is 5.97. The fourth-order valence-electron chi connectivity index (χ4n) is 1.48. The van der Waals surface area contributed by atoms with Gasteiger partial charge in [0.05, 0.1) is 16.2 Å². The van der Waals surface area contributed by atoms with E-state index < -0.39 is 10.9 Å². The van der Waals surface area contributed by atoms with Crippen molar-refractivity contribution in [2.24, 2.45) is 0 Å². The molecule has 3 N–H and O–H groups in total. The Kier molecular flexibility index (Phi) is 4.61. The van der Waals surface area contributed by atoms with Gasteiger partial charge < -0.3 is 15.5 Å². The maximum atomic E-state index is 11.0. The molecule has 0 saturated carbocycles. The fourth-order valence-corrected chi connectivity index (χ4v) is 1.48. The van der Waals surface area contributed by atoms with Gasteiger partial charge in [0.15, 0.2) is 0 Å². The van der Waals surface area contributed by atoms with Crippen molar-refractivity contribution in [3.8, 4) is 0 Å². The molecule has 0 saturated heterocycles. The number of rotatable bonds is 6. The number of nitro groups is 1. The number of non-ortho nitro benzene ring substituents is 1. The summed E-state index contributed by atoms with van der Waals surface area (Å²) >= 11 is 0. The van der Waals surface area contributed by atoms with Gasteiger partial charge in [-0.2, -0.15) is 0 Å². The summed E-state index contributed by atoms with van der Waals surface area (Å²) in [6.45, 7) is 1.70. The fraction of sp³-hybridized carbons (Fsp3) is 0.364. The number of nitrogens with one attached hydrogen (secondary N) is 1. The molecule has 0 aliphatic rings. The monoisotopic (exact) mass is 254 g/mol. The second-order valence-electron chi connectivity index (χ2n) is 3.85. The topological polar surface area (TPSA) is 113 Å². The van der Waals surface area contributed by atoms with E-state index in [0.29, 0.717) is 6.42 Å². The van der Waals surface area contributed by atoms with Crippen LogP contribution in [0.3, 0.4) is 0 Å². The molecule has 7 nitrogen and oxygen atoms in total. The van der Waals surface area contributed by atoms with Crippen molar-refractivity contribution in [3.05, 3.63) is 33.9 Å². The zero-order valence-electron chi connectivity index (χ0n) is 9.79. The van der Waals surface area contributed by atoms with Crippen LogP contribution in [-0.4, -0.2) is 33.8 Å². The lowest BCUT2D eigenvalue weighted by molar-refractivity contribution is -0.384. The van der Waals surface area contributed by atoms with E-state index in [4.69, 9.17) is 10.2 Å². The summed E-state index contributed by atoms with van der Waals surface area (Å²) in [6.07, 6.45) is 0.418. The molecule has 0 aromatic heterocycles. The third-order valence-corrected chi connectivity index (χ3v) is 2.41. The molecule has 1 atom stereocenters. The van der Waals surface area contributed by atoms with Gasteiger partial charge in [0.25, 0.3) is 5.69 Å². The van der Waals surface area contributed by atoms with Crippen molar-refractivity contribution in [3.63, 3.8) is 0 Å². The zero-order valence-corrected chi connectivity index (χ0v) is 9.79. The van der Waals surface area contributed by atoms with Crippen molar-refractivity contribution in [2.45, 2.75) is 19.4 Å². The van der Waals surface area contributed by atoms with Crippen LogP contribution in [0.1, 0.15) is 23.7 Å². The van der Waals surface area contributed by atoms with Crippen molar-refractivity contribution in [1.82, 2.24) is 0 Å². The average molecular weight is 254 g/mol. The Labute approximate surface area is 103 Å². The molecule has 0 amide bonds. The molecular formula is C11H14N2O5. The van der Waals surface area contributed by atoms with Gasteiger partial charge in [-0.15, -0.1) is 0 Å². The van der Waals surface area contributed by atoms with Gasteiger partial charge in [-0.05, 0) is 19.4 Å². The third kappa shape index (κ3) is 3.42. The number of aliphatic hydroxyl groups excluding tert-OH is 1. The highest BCUT2D eigenvalue weighted by molar-refractivity contribution is 5.94. The first-order chi connectivity index (χ1) is 8.45. The Bertz CT molecular complexity index is 461. The first kappa shape index (κ1) is 13.9. The predicted molar refractivity (Wildman–Crippen MR) is 64.8 cm³/mol. The number of nitrogens with zero attached hydrogens (tertiary/aromatic N) is 1. The summed E-state index contributed by atoms with van der Waals surface area (Å²) in [5, 5.41) is 31.2. The van der Waals surface area contributed by atoms with Crippen LogP contribution in [0.4, 0.5) is 11.4 Å². The van der Waals surface area contributed by atoms with E-state index in [1.807, 2.05) is 0 Å². The minimum Gasteiger partial charge on any atom is -0.478 e. The molecule has 0 bridgehead atoms. The zero-order chi connectivity index (χ0) is 13.7. The number of benzene rings is 1. The van der Waals surface area contributed by atoms with Gasteiger partial charge >= 0.3 is 5.97 Å². The Hall–Kier alpha value is -2.15. The maximum Gasteiger partial charge on any atom is 0.337 e. The number of anilines is 1. The van der Waals surface area contributed by atoms with Crippen molar-refractivity contribution in [1.29, 1.82) is 0 Å². The highest BCUT2D eigenvalue weighted by Crippen LogP contribution is 2.23. The van der Waals surface area contributed by atoms with Crippen LogP contribution in [0.15, 0.2) is 18.2 Å². The number of nitro benzene ring substituents is 1. The van der Waals surface area contributed by atoms with E-state index in [9.17, 15) is 14.9 Å². The summed E-state index contributed by atoms with van der Waals surface area (Å²) in [4.78, 5) is 21.0. The largest absolute Gasteiger partial charge is 0.478 e. The van der Waals surface area contributed by atoms with Gasteiger partial charge in [0.1, 0.15) is 0 Å². The first-order valence-electron chi connectivity index (χ1n) is 5.35. The number of carboxylic acid groups (broad SMARTS) is 1. The lowest BCUT2D eigenvalue weighted by atomic mass is 10.1. The minimum atomic E-state index is -1.16. The quantitative estimate of drug-likeness (QED) is 0.523. The van der Waals surface area contributed by atoms with Gasteiger partial charge in [-0.3, -0.25) is 10.1 Å². The third-order valence-electron chi connectivity index (χ3n) is 2.41. The molecule has 0 heterocycles. The van der Waals surface area contributed by atoms with Gasteiger partial charge in [0, 0.05) is 24.8 Å². The molecule has 7 heteroatoms. The molecule has 1 aromatic rings. The summed E-state index contributed by atoms with van der Waals surface area (Å²) < 4.78 is 0. The second-order valence-corrected chi connectivity index (χ2v) is 3.85. The standard InChI is InChI=1S/C11H14N2O5/c1-7(4-5-14)12-10-6-8(13(17)18)2-3-9(10)11(15)16/h2-3,6-7,12,14H,4-5H2,1H3,(H,15,16). The number of hydrogen-bond acceptors (Lipinski definition) is 5. The van der Waals surface area contributed by atoms with Crippen LogP contribution in [0.5, 0.6) is 0 Å². The van der Waals surface area contributed by atoms with Crippen LogP contribution in [-0.2, 0) is 0 Å². The molecule has 1 unspecified atom stereocenters. The van der Waals surface area contributed by atoms with Crippen molar-refractivity contribution >= 4 is 17.3 Å². The normalized spacial score (nSPS) is 11.9. The number of aliphatic hydroxyl groups is 1.